The Bertz CT molecular complexity index is 1790. The van der Waals surface area contributed by atoms with Crippen molar-refractivity contribution in [1.29, 1.82) is 0 Å². The Kier molecular flexibility index (Phi) is 12.9. The first-order valence-corrected chi connectivity index (χ1v) is 18.9. The quantitative estimate of drug-likeness (QED) is 0.0735. The fourth-order valence-corrected chi connectivity index (χ4v) is 7.78. The molecular formula is C45H54O8. The Morgan fingerprint density at radius 1 is 0.434 bits per heavy atom. The van der Waals surface area contributed by atoms with Crippen molar-refractivity contribution in [3.8, 4) is 57.1 Å². The molecule has 5 rings (SSSR count). The molecule has 0 spiro atoms. The van der Waals surface area contributed by atoms with Gasteiger partial charge in [0, 0.05) is 11.1 Å². The number of hydrogen-bond acceptors (Lipinski definition) is 8. The molecule has 1 aliphatic rings. The van der Waals surface area contributed by atoms with E-state index in [2.05, 4.69) is 75.5 Å². The topological polar surface area (TPSA) is 73.8 Å². The van der Waals surface area contributed by atoms with Crippen molar-refractivity contribution >= 4 is 0 Å². The molecule has 1 aliphatic carbocycles. The lowest BCUT2D eigenvalue weighted by molar-refractivity contribution is 0.256. The summed E-state index contributed by atoms with van der Waals surface area (Å²) in [6, 6.07) is 16.9. The smallest absolute Gasteiger partial charge is 0.205 e. The molecule has 4 aromatic carbocycles. The molecule has 0 heterocycles. The zero-order chi connectivity index (χ0) is 38.1. The molecule has 0 amide bonds. The van der Waals surface area contributed by atoms with E-state index in [1.807, 2.05) is 41.5 Å². The van der Waals surface area contributed by atoms with Crippen LogP contribution in [-0.4, -0.2) is 39.6 Å². The molecule has 0 radical (unpaired) electrons. The summed E-state index contributed by atoms with van der Waals surface area (Å²) >= 11 is 0. The lowest BCUT2D eigenvalue weighted by atomic mass is 9.65. The Morgan fingerprint density at radius 3 is 1.08 bits per heavy atom. The van der Waals surface area contributed by atoms with Crippen LogP contribution < -0.4 is 37.9 Å². The van der Waals surface area contributed by atoms with Crippen LogP contribution in [0.15, 0.2) is 74.2 Å². The maximum Gasteiger partial charge on any atom is 0.205 e. The molecule has 0 aliphatic heterocycles. The number of fused-ring (bicyclic) bond motifs is 3. The van der Waals surface area contributed by atoms with E-state index in [-0.39, 0.29) is 0 Å². The molecule has 0 saturated heterocycles. The van der Waals surface area contributed by atoms with E-state index in [4.69, 9.17) is 37.9 Å². The number of ether oxygens (including phenoxy) is 8. The van der Waals surface area contributed by atoms with Gasteiger partial charge in [0.25, 0.3) is 0 Å². The summed E-state index contributed by atoms with van der Waals surface area (Å²) in [6.45, 7) is 25.9. The monoisotopic (exact) mass is 722 g/mol. The van der Waals surface area contributed by atoms with Crippen LogP contribution in [0.25, 0.3) is 11.1 Å². The molecule has 8 nitrogen and oxygen atoms in total. The minimum atomic E-state index is -1.18. The van der Waals surface area contributed by atoms with Crippen molar-refractivity contribution in [1.82, 2.24) is 0 Å². The summed E-state index contributed by atoms with van der Waals surface area (Å²) in [7, 11) is 0. The molecule has 0 fully saturated rings. The van der Waals surface area contributed by atoms with Crippen LogP contribution in [0.5, 0.6) is 46.0 Å². The van der Waals surface area contributed by atoms with Crippen LogP contribution in [0.4, 0.5) is 0 Å². The third-order valence-electron chi connectivity index (χ3n) is 9.37. The van der Waals surface area contributed by atoms with Crippen molar-refractivity contribution in [3.63, 3.8) is 0 Å². The van der Waals surface area contributed by atoms with E-state index < -0.39 is 5.41 Å². The SMILES string of the molecule is C=COc1c(CC)c(OCC)c(C2(c3c(OCC)c(CC)c(OC=C)c(OCC)c3OCC)c3ccccc3-c3ccccc32)c(OCC)c1OCC. The second-order valence-corrected chi connectivity index (χ2v) is 12.1. The number of hydrogen-bond donors (Lipinski definition) is 0. The standard InChI is InChI=1S/C45H54O8/c1-11-29-37(46-13-3)35(41(50-17-7)43(52-19-9)39(29)48-15-5)45(33-27-23-21-25-31(33)32-26-22-24-28-34(32)45)36-38(47-14-4)30(12-2)40(49-16-6)44(53-20-10)42(36)51-18-8/h15-16,21-28H,5-6,11-14,17-20H2,1-4,7-10H3. The van der Waals surface area contributed by atoms with Crippen LogP contribution >= 0.6 is 0 Å². The van der Waals surface area contributed by atoms with Crippen molar-refractivity contribution < 1.29 is 37.9 Å². The molecule has 0 atom stereocenters. The van der Waals surface area contributed by atoms with E-state index in [0.29, 0.717) is 98.5 Å². The maximum atomic E-state index is 6.85. The number of rotatable bonds is 20. The van der Waals surface area contributed by atoms with E-state index in [1.165, 1.54) is 12.5 Å². The minimum absolute atomic E-state index is 0.337. The first-order chi connectivity index (χ1) is 25.9. The molecule has 53 heavy (non-hydrogen) atoms. The first-order valence-electron chi connectivity index (χ1n) is 18.9. The summed E-state index contributed by atoms with van der Waals surface area (Å²) in [6.07, 6.45) is 3.95. The molecule has 8 heteroatoms. The van der Waals surface area contributed by atoms with Crippen molar-refractivity contribution in [3.05, 3.63) is 108 Å². The normalized spacial score (nSPS) is 12.3. The van der Waals surface area contributed by atoms with Crippen LogP contribution in [-0.2, 0) is 18.3 Å². The Hall–Kier alpha value is -5.24. The average molecular weight is 723 g/mol. The molecule has 0 aromatic heterocycles. The van der Waals surface area contributed by atoms with E-state index in [0.717, 1.165) is 44.5 Å². The molecule has 4 aromatic rings. The van der Waals surface area contributed by atoms with Gasteiger partial charge in [-0.2, -0.15) is 0 Å². The van der Waals surface area contributed by atoms with E-state index in [9.17, 15) is 0 Å². The van der Waals surface area contributed by atoms with Crippen LogP contribution in [0, 0.1) is 0 Å². The zero-order valence-electron chi connectivity index (χ0n) is 32.6. The fourth-order valence-electron chi connectivity index (χ4n) is 7.78. The molecule has 0 unspecified atom stereocenters. The molecular weight excluding hydrogens is 668 g/mol. The van der Waals surface area contributed by atoms with Gasteiger partial charge in [0.2, 0.25) is 11.5 Å². The van der Waals surface area contributed by atoms with Crippen molar-refractivity contribution in [2.24, 2.45) is 0 Å². The summed E-state index contributed by atoms with van der Waals surface area (Å²) in [5, 5.41) is 0. The van der Waals surface area contributed by atoms with Gasteiger partial charge in [-0.25, -0.2) is 0 Å². The lowest BCUT2D eigenvalue weighted by Gasteiger charge is -2.40. The molecule has 0 saturated carbocycles. The second-order valence-electron chi connectivity index (χ2n) is 12.1. The summed E-state index contributed by atoms with van der Waals surface area (Å²) < 4.78 is 52.9. The van der Waals surface area contributed by atoms with Crippen molar-refractivity contribution in [2.75, 3.05) is 39.6 Å². The highest BCUT2D eigenvalue weighted by molar-refractivity contribution is 5.92. The highest BCUT2D eigenvalue weighted by Crippen LogP contribution is 2.68. The third kappa shape index (κ3) is 6.42. The van der Waals surface area contributed by atoms with Gasteiger partial charge in [-0.1, -0.05) is 75.5 Å². The Labute approximate surface area is 315 Å². The van der Waals surface area contributed by atoms with Gasteiger partial charge in [-0.15, -0.1) is 0 Å². The van der Waals surface area contributed by atoms with Crippen LogP contribution in [0.2, 0.25) is 0 Å². The summed E-state index contributed by atoms with van der Waals surface area (Å²) in [5.41, 5.74) is 6.06. The van der Waals surface area contributed by atoms with Crippen LogP contribution in [0.3, 0.4) is 0 Å². The molecule has 0 bridgehead atoms. The predicted octanol–water partition coefficient (Wildman–Crippen LogP) is 10.6. The van der Waals surface area contributed by atoms with E-state index >= 15 is 0 Å². The second kappa shape index (κ2) is 17.5. The lowest BCUT2D eigenvalue weighted by Crippen LogP contribution is -2.33. The fraction of sp³-hybridized carbons (Fsp3) is 0.378. The van der Waals surface area contributed by atoms with Gasteiger partial charge in [0.05, 0.1) is 68.7 Å². The first kappa shape index (κ1) is 39.0. The van der Waals surface area contributed by atoms with Gasteiger partial charge in [-0.05, 0) is 76.6 Å². The number of benzene rings is 4. The molecule has 282 valence electrons. The maximum absolute atomic E-state index is 6.85. The highest BCUT2D eigenvalue weighted by Gasteiger charge is 2.55. The predicted molar refractivity (Wildman–Crippen MR) is 211 cm³/mol. The Morgan fingerprint density at radius 2 is 0.755 bits per heavy atom. The van der Waals surface area contributed by atoms with E-state index in [1.54, 1.807) is 0 Å². The third-order valence-corrected chi connectivity index (χ3v) is 9.37. The Balaban J connectivity index is 2.27. The summed E-state index contributed by atoms with van der Waals surface area (Å²) in [5.74, 6) is 4.17. The van der Waals surface area contributed by atoms with Gasteiger partial charge in [-0.3, -0.25) is 0 Å². The van der Waals surface area contributed by atoms with Gasteiger partial charge >= 0.3 is 0 Å². The average Bonchev–Trinajstić information content (AvgIpc) is 3.46. The molecule has 0 N–H and O–H groups in total. The highest BCUT2D eigenvalue weighted by atomic mass is 16.6. The largest absolute Gasteiger partial charge is 0.493 e. The van der Waals surface area contributed by atoms with Crippen LogP contribution in [0.1, 0.15) is 88.8 Å². The zero-order valence-corrected chi connectivity index (χ0v) is 32.6. The van der Waals surface area contributed by atoms with Gasteiger partial charge < -0.3 is 37.9 Å². The van der Waals surface area contributed by atoms with Gasteiger partial charge in [0.1, 0.15) is 11.5 Å². The summed E-state index contributed by atoms with van der Waals surface area (Å²) in [4.78, 5) is 0. The van der Waals surface area contributed by atoms with Gasteiger partial charge in [0.15, 0.2) is 23.0 Å². The van der Waals surface area contributed by atoms with Crippen molar-refractivity contribution in [2.45, 2.75) is 73.6 Å². The minimum Gasteiger partial charge on any atom is -0.493 e.